The smallest absolute Gasteiger partial charge is 0.165 e. The van der Waals surface area contributed by atoms with Gasteiger partial charge in [-0.3, -0.25) is 4.48 Å². The number of quaternary nitrogens is 1. The van der Waals surface area contributed by atoms with Crippen LogP contribution in [0.2, 0.25) is 0 Å². The average molecular weight is 203 g/mol. The van der Waals surface area contributed by atoms with Crippen LogP contribution in [0.3, 0.4) is 0 Å². The zero-order valence-electron chi connectivity index (χ0n) is 9.72. The first kappa shape index (κ1) is 10.2. The van der Waals surface area contributed by atoms with E-state index in [9.17, 15) is 0 Å². The summed E-state index contributed by atoms with van der Waals surface area (Å²) in [6.45, 7) is 3.33. The van der Waals surface area contributed by atoms with Crippen LogP contribution in [-0.2, 0) is 6.54 Å². The predicted octanol–water partition coefficient (Wildman–Crippen LogP) is 2.40. The lowest BCUT2D eigenvalue weighted by molar-refractivity contribution is -0.899. The Labute approximate surface area is 92.0 Å². The van der Waals surface area contributed by atoms with E-state index in [1.165, 1.54) is 5.56 Å². The average Bonchev–Trinajstić information content (AvgIpc) is 2.48. The quantitative estimate of drug-likeness (QED) is 0.667. The van der Waals surface area contributed by atoms with Crippen LogP contribution in [0, 0.1) is 0 Å². The van der Waals surface area contributed by atoms with Gasteiger partial charge in [0, 0.05) is 19.5 Å². The molecule has 0 bridgehead atoms. The summed E-state index contributed by atoms with van der Waals surface area (Å²) in [5.41, 5.74) is 1.40. The molecular weight excluding hydrogens is 184 g/mol. The van der Waals surface area contributed by atoms with Crippen molar-refractivity contribution in [2.45, 2.75) is 19.6 Å². The fourth-order valence-electron chi connectivity index (χ4n) is 2.08. The van der Waals surface area contributed by atoms with Crippen LogP contribution in [0.15, 0.2) is 42.7 Å². The monoisotopic (exact) mass is 203 g/mol. The van der Waals surface area contributed by atoms with E-state index in [0.29, 0.717) is 6.17 Å². The van der Waals surface area contributed by atoms with Gasteiger partial charge in [0.25, 0.3) is 0 Å². The molecule has 2 nitrogen and oxygen atoms in total. The highest BCUT2D eigenvalue weighted by Crippen LogP contribution is 2.24. The maximum absolute atomic E-state index is 2.28. The first-order chi connectivity index (χ1) is 7.12. The van der Waals surface area contributed by atoms with Crippen LogP contribution in [0.4, 0.5) is 0 Å². The molecule has 1 heterocycles. The van der Waals surface area contributed by atoms with E-state index < -0.39 is 0 Å². The number of benzene rings is 1. The second kappa shape index (κ2) is 3.70. The van der Waals surface area contributed by atoms with Gasteiger partial charge in [-0.25, -0.2) is 0 Å². The molecule has 0 N–H and O–H groups in total. The molecule has 1 aromatic rings. The molecule has 1 aliphatic heterocycles. The largest absolute Gasteiger partial charge is 0.327 e. The van der Waals surface area contributed by atoms with E-state index >= 15 is 0 Å². The lowest BCUT2D eigenvalue weighted by Gasteiger charge is -2.34. The Kier molecular flexibility index (Phi) is 2.53. The molecule has 15 heavy (non-hydrogen) atoms. The molecule has 0 saturated carbocycles. The van der Waals surface area contributed by atoms with Gasteiger partial charge in [0.05, 0.1) is 13.2 Å². The van der Waals surface area contributed by atoms with E-state index in [4.69, 9.17) is 0 Å². The van der Waals surface area contributed by atoms with E-state index in [0.717, 1.165) is 11.0 Å². The van der Waals surface area contributed by atoms with Gasteiger partial charge in [0.1, 0.15) is 12.7 Å². The van der Waals surface area contributed by atoms with Crippen LogP contribution < -0.4 is 0 Å². The molecule has 1 aromatic carbocycles. The van der Waals surface area contributed by atoms with Crippen LogP contribution in [-0.4, -0.2) is 29.6 Å². The lowest BCUT2D eigenvalue weighted by Crippen LogP contribution is -2.47. The first-order valence-electron chi connectivity index (χ1n) is 5.42. The minimum absolute atomic E-state index is 0.519. The van der Waals surface area contributed by atoms with Gasteiger partial charge < -0.3 is 4.90 Å². The van der Waals surface area contributed by atoms with Crippen LogP contribution >= 0.6 is 0 Å². The molecule has 0 aliphatic carbocycles. The van der Waals surface area contributed by atoms with Crippen molar-refractivity contribution >= 4 is 0 Å². The second-order valence-electron chi connectivity index (χ2n) is 4.59. The van der Waals surface area contributed by atoms with Gasteiger partial charge in [-0.1, -0.05) is 30.3 Å². The normalized spacial score (nSPS) is 29.8. The summed E-state index contributed by atoms with van der Waals surface area (Å²) in [5, 5.41) is 0. The van der Waals surface area contributed by atoms with E-state index in [1.54, 1.807) is 0 Å². The molecule has 0 spiro atoms. The van der Waals surface area contributed by atoms with Crippen molar-refractivity contribution in [3.63, 3.8) is 0 Å². The topological polar surface area (TPSA) is 3.24 Å². The summed E-state index contributed by atoms with van der Waals surface area (Å²) in [6.07, 6.45) is 4.97. The van der Waals surface area contributed by atoms with E-state index in [1.807, 2.05) is 0 Å². The Morgan fingerprint density at radius 1 is 1.27 bits per heavy atom. The standard InChI is InChI=1S/C13H19N2/c1-12-14(2)9-10-15(12,3)11-13-7-5-4-6-8-13/h4-10,12H,11H2,1-3H3/q+1. The van der Waals surface area contributed by atoms with Crippen molar-refractivity contribution in [1.82, 2.24) is 4.90 Å². The summed E-state index contributed by atoms with van der Waals surface area (Å²) in [5.74, 6) is 0. The minimum atomic E-state index is 0.519. The SMILES string of the molecule is CC1N(C)C=C[N+]1(C)Cc1ccccc1. The summed E-state index contributed by atoms with van der Waals surface area (Å²) < 4.78 is 0.959. The third kappa shape index (κ3) is 1.90. The molecule has 0 saturated heterocycles. The van der Waals surface area contributed by atoms with Gasteiger partial charge in [0.2, 0.25) is 0 Å². The minimum Gasteiger partial charge on any atom is -0.327 e. The van der Waals surface area contributed by atoms with Crippen molar-refractivity contribution in [2.75, 3.05) is 14.1 Å². The number of hydrogen-bond donors (Lipinski definition) is 0. The highest BCUT2D eigenvalue weighted by molar-refractivity contribution is 5.13. The number of nitrogens with zero attached hydrogens (tertiary/aromatic N) is 2. The predicted molar refractivity (Wildman–Crippen MR) is 62.7 cm³/mol. The molecule has 2 atom stereocenters. The maximum atomic E-state index is 2.28. The molecule has 2 heteroatoms. The number of rotatable bonds is 2. The van der Waals surface area contributed by atoms with Gasteiger partial charge in [0.15, 0.2) is 6.17 Å². The second-order valence-corrected chi connectivity index (χ2v) is 4.59. The summed E-state index contributed by atoms with van der Waals surface area (Å²) in [4.78, 5) is 2.27. The third-order valence-corrected chi connectivity index (χ3v) is 3.45. The van der Waals surface area contributed by atoms with Crippen LogP contribution in [0.5, 0.6) is 0 Å². The van der Waals surface area contributed by atoms with Gasteiger partial charge in [-0.05, 0) is 0 Å². The Morgan fingerprint density at radius 2 is 1.93 bits per heavy atom. The number of hydrogen-bond acceptors (Lipinski definition) is 1. The Morgan fingerprint density at radius 3 is 2.47 bits per heavy atom. The maximum Gasteiger partial charge on any atom is 0.165 e. The fourth-order valence-corrected chi connectivity index (χ4v) is 2.08. The van der Waals surface area contributed by atoms with Crippen molar-refractivity contribution in [1.29, 1.82) is 0 Å². The summed E-state index contributed by atoms with van der Waals surface area (Å²) >= 11 is 0. The van der Waals surface area contributed by atoms with Crippen molar-refractivity contribution in [3.8, 4) is 0 Å². The molecule has 1 aliphatic rings. The summed E-state index contributed by atoms with van der Waals surface area (Å²) in [7, 11) is 4.41. The fraction of sp³-hybridized carbons (Fsp3) is 0.385. The highest BCUT2D eigenvalue weighted by atomic mass is 15.5. The van der Waals surface area contributed by atoms with Crippen molar-refractivity contribution in [3.05, 3.63) is 48.3 Å². The Hall–Kier alpha value is -1.28. The van der Waals surface area contributed by atoms with Crippen molar-refractivity contribution in [2.24, 2.45) is 0 Å². The van der Waals surface area contributed by atoms with Gasteiger partial charge in [-0.2, -0.15) is 0 Å². The Bertz CT molecular complexity index is 358. The Balaban J connectivity index is 2.16. The lowest BCUT2D eigenvalue weighted by atomic mass is 10.2. The van der Waals surface area contributed by atoms with Crippen molar-refractivity contribution < 1.29 is 4.48 Å². The molecule has 80 valence electrons. The molecule has 0 aromatic heterocycles. The van der Waals surface area contributed by atoms with E-state index in [-0.39, 0.29) is 0 Å². The van der Waals surface area contributed by atoms with E-state index in [2.05, 4.69) is 68.7 Å². The first-order valence-corrected chi connectivity index (χ1v) is 5.42. The zero-order valence-corrected chi connectivity index (χ0v) is 9.72. The highest BCUT2D eigenvalue weighted by Gasteiger charge is 2.34. The molecule has 2 rings (SSSR count). The van der Waals surface area contributed by atoms with Crippen LogP contribution in [0.25, 0.3) is 0 Å². The molecule has 0 amide bonds. The molecule has 0 radical (unpaired) electrons. The van der Waals surface area contributed by atoms with Gasteiger partial charge >= 0.3 is 0 Å². The van der Waals surface area contributed by atoms with Crippen LogP contribution in [0.1, 0.15) is 12.5 Å². The summed E-state index contributed by atoms with van der Waals surface area (Å²) in [6, 6.07) is 10.7. The molecule has 0 fully saturated rings. The molecular formula is C13H19N2+. The van der Waals surface area contributed by atoms with Gasteiger partial charge in [-0.15, -0.1) is 0 Å². The molecule has 2 unspecified atom stereocenters. The third-order valence-electron chi connectivity index (χ3n) is 3.45. The zero-order chi connectivity index (χ0) is 10.9.